The largest absolute Gasteiger partial charge is 0.462 e. The van der Waals surface area contributed by atoms with Crippen molar-refractivity contribution in [3.05, 3.63) is 71.8 Å². The molecule has 0 aromatic heterocycles. The predicted molar refractivity (Wildman–Crippen MR) is 103 cm³/mol. The van der Waals surface area contributed by atoms with Gasteiger partial charge in [-0.15, -0.1) is 0 Å². The fraction of sp³-hybridized carbons (Fsp3) is 0.364. The summed E-state index contributed by atoms with van der Waals surface area (Å²) in [6, 6.07) is 18.4. The standard InChI is InChI=1S/C22H26O6/c1-4-25-20(23)22(21(24)26-5-2,27-16-18-12-8-6-9-13-18)28-17(3)19-14-10-7-11-15-19/h6-15,17H,4-5,16H2,1-3H3. The van der Waals surface area contributed by atoms with Gasteiger partial charge in [-0.2, -0.15) is 0 Å². The summed E-state index contributed by atoms with van der Waals surface area (Å²) < 4.78 is 21.9. The lowest BCUT2D eigenvalue weighted by Gasteiger charge is -2.31. The highest BCUT2D eigenvalue weighted by Crippen LogP contribution is 2.29. The molecular formula is C22H26O6. The van der Waals surface area contributed by atoms with Crippen LogP contribution in [0.25, 0.3) is 0 Å². The van der Waals surface area contributed by atoms with Crippen molar-refractivity contribution in [2.75, 3.05) is 13.2 Å². The summed E-state index contributed by atoms with van der Waals surface area (Å²) >= 11 is 0. The van der Waals surface area contributed by atoms with Crippen molar-refractivity contribution in [1.82, 2.24) is 0 Å². The topological polar surface area (TPSA) is 71.1 Å². The summed E-state index contributed by atoms with van der Waals surface area (Å²) in [4.78, 5) is 25.6. The molecule has 0 N–H and O–H groups in total. The second kappa shape index (κ2) is 10.6. The summed E-state index contributed by atoms with van der Waals surface area (Å²) in [7, 11) is 0. The maximum atomic E-state index is 12.8. The first-order valence-corrected chi connectivity index (χ1v) is 9.28. The minimum Gasteiger partial charge on any atom is -0.462 e. The highest BCUT2D eigenvalue weighted by Gasteiger charge is 2.54. The lowest BCUT2D eigenvalue weighted by molar-refractivity contribution is -0.269. The Hall–Kier alpha value is -2.70. The Bertz CT molecular complexity index is 726. The fourth-order valence-electron chi connectivity index (χ4n) is 2.58. The number of hydrogen-bond acceptors (Lipinski definition) is 6. The summed E-state index contributed by atoms with van der Waals surface area (Å²) in [6.45, 7) is 5.13. The molecular weight excluding hydrogens is 360 g/mol. The number of esters is 2. The third kappa shape index (κ3) is 5.41. The normalized spacial score (nSPS) is 12.2. The number of benzene rings is 2. The predicted octanol–water partition coefficient (Wildman–Crippen LogP) is 3.80. The van der Waals surface area contributed by atoms with Crippen molar-refractivity contribution >= 4 is 11.9 Å². The van der Waals surface area contributed by atoms with E-state index in [1.54, 1.807) is 20.8 Å². The Balaban J connectivity index is 2.36. The van der Waals surface area contributed by atoms with Crippen LogP contribution in [0.1, 0.15) is 38.0 Å². The first kappa shape index (κ1) is 21.6. The third-order valence-electron chi connectivity index (χ3n) is 3.98. The van der Waals surface area contributed by atoms with Crippen molar-refractivity contribution in [1.29, 1.82) is 0 Å². The number of carbonyl (C=O) groups excluding carboxylic acids is 2. The summed E-state index contributed by atoms with van der Waals surface area (Å²) in [6.07, 6.45) is -0.620. The van der Waals surface area contributed by atoms with Gasteiger partial charge in [-0.1, -0.05) is 60.7 Å². The third-order valence-corrected chi connectivity index (χ3v) is 3.98. The van der Waals surface area contributed by atoms with Crippen LogP contribution in [0.15, 0.2) is 60.7 Å². The van der Waals surface area contributed by atoms with Gasteiger partial charge in [0.2, 0.25) is 0 Å². The van der Waals surface area contributed by atoms with Gasteiger partial charge in [0.1, 0.15) is 0 Å². The van der Waals surface area contributed by atoms with E-state index in [1.807, 2.05) is 60.7 Å². The van der Waals surface area contributed by atoms with Crippen molar-refractivity contribution < 1.29 is 28.5 Å². The highest BCUT2D eigenvalue weighted by atomic mass is 16.8. The van der Waals surface area contributed by atoms with E-state index in [-0.39, 0.29) is 19.8 Å². The molecule has 6 nitrogen and oxygen atoms in total. The second-order valence-corrected chi connectivity index (χ2v) is 6.00. The van der Waals surface area contributed by atoms with Gasteiger partial charge in [-0.05, 0) is 31.9 Å². The van der Waals surface area contributed by atoms with Crippen LogP contribution in [-0.4, -0.2) is 30.9 Å². The van der Waals surface area contributed by atoms with Crippen LogP contribution in [-0.2, 0) is 35.1 Å². The van der Waals surface area contributed by atoms with Gasteiger partial charge >= 0.3 is 17.7 Å². The maximum absolute atomic E-state index is 12.8. The molecule has 0 aliphatic carbocycles. The quantitative estimate of drug-likeness (QED) is 0.351. The molecule has 2 aromatic rings. The fourth-order valence-corrected chi connectivity index (χ4v) is 2.58. The van der Waals surface area contributed by atoms with Crippen molar-refractivity contribution in [2.24, 2.45) is 0 Å². The van der Waals surface area contributed by atoms with Crippen LogP contribution in [0.5, 0.6) is 0 Å². The van der Waals surface area contributed by atoms with Crippen LogP contribution in [0.4, 0.5) is 0 Å². The van der Waals surface area contributed by atoms with E-state index < -0.39 is 23.8 Å². The molecule has 0 heterocycles. The van der Waals surface area contributed by atoms with E-state index in [2.05, 4.69) is 0 Å². The van der Waals surface area contributed by atoms with E-state index in [1.165, 1.54) is 0 Å². The molecule has 150 valence electrons. The first-order chi connectivity index (χ1) is 13.5. The lowest BCUT2D eigenvalue weighted by Crippen LogP contribution is -2.53. The van der Waals surface area contributed by atoms with E-state index in [0.29, 0.717) is 0 Å². The Kier molecular flexibility index (Phi) is 8.17. The molecule has 0 spiro atoms. The van der Waals surface area contributed by atoms with Crippen LogP contribution in [0, 0.1) is 0 Å². The van der Waals surface area contributed by atoms with E-state index in [0.717, 1.165) is 11.1 Å². The van der Waals surface area contributed by atoms with Gasteiger partial charge in [0, 0.05) is 0 Å². The Morgan fingerprint density at radius 2 is 1.36 bits per heavy atom. The molecule has 0 saturated carbocycles. The van der Waals surface area contributed by atoms with Crippen LogP contribution < -0.4 is 0 Å². The number of rotatable bonds is 10. The Labute approximate surface area is 165 Å². The van der Waals surface area contributed by atoms with Gasteiger partial charge in [-0.25, -0.2) is 9.59 Å². The monoisotopic (exact) mass is 386 g/mol. The molecule has 0 bridgehead atoms. The zero-order valence-electron chi connectivity index (χ0n) is 16.4. The number of ether oxygens (including phenoxy) is 4. The van der Waals surface area contributed by atoms with E-state index in [9.17, 15) is 9.59 Å². The van der Waals surface area contributed by atoms with Crippen LogP contribution in [0.3, 0.4) is 0 Å². The lowest BCUT2D eigenvalue weighted by atomic mass is 10.1. The minimum atomic E-state index is -2.32. The molecule has 0 aliphatic rings. The number of carbonyl (C=O) groups is 2. The second-order valence-electron chi connectivity index (χ2n) is 6.00. The molecule has 0 saturated heterocycles. The van der Waals surface area contributed by atoms with Crippen molar-refractivity contribution in [3.8, 4) is 0 Å². The summed E-state index contributed by atoms with van der Waals surface area (Å²) in [5.41, 5.74) is 1.56. The zero-order valence-corrected chi connectivity index (χ0v) is 16.4. The molecule has 0 fully saturated rings. The zero-order chi connectivity index (χ0) is 20.4. The van der Waals surface area contributed by atoms with Gasteiger partial charge in [0.05, 0.1) is 25.9 Å². The van der Waals surface area contributed by atoms with Gasteiger partial charge in [0.15, 0.2) is 0 Å². The minimum absolute atomic E-state index is 0.0278. The van der Waals surface area contributed by atoms with E-state index >= 15 is 0 Å². The molecule has 28 heavy (non-hydrogen) atoms. The van der Waals surface area contributed by atoms with Crippen molar-refractivity contribution in [2.45, 2.75) is 39.3 Å². The first-order valence-electron chi connectivity index (χ1n) is 9.28. The molecule has 1 unspecified atom stereocenters. The molecule has 2 rings (SSSR count). The average molecular weight is 386 g/mol. The molecule has 2 aromatic carbocycles. The molecule has 0 aliphatic heterocycles. The number of hydrogen-bond donors (Lipinski definition) is 0. The van der Waals surface area contributed by atoms with Crippen molar-refractivity contribution in [3.63, 3.8) is 0 Å². The summed E-state index contributed by atoms with van der Waals surface area (Å²) in [5.74, 6) is -4.20. The van der Waals surface area contributed by atoms with Crippen LogP contribution >= 0.6 is 0 Å². The molecule has 6 heteroatoms. The highest BCUT2D eigenvalue weighted by molar-refractivity contribution is 6.02. The molecule has 1 atom stereocenters. The Morgan fingerprint density at radius 3 is 1.86 bits per heavy atom. The maximum Gasteiger partial charge on any atom is 0.379 e. The van der Waals surface area contributed by atoms with Gasteiger partial charge in [0.25, 0.3) is 0 Å². The van der Waals surface area contributed by atoms with Crippen LogP contribution in [0.2, 0.25) is 0 Å². The summed E-state index contributed by atoms with van der Waals surface area (Å²) in [5, 5.41) is 0. The SMILES string of the molecule is CCOC(=O)C(OCc1ccccc1)(OC(C)c1ccccc1)C(=O)OCC. The average Bonchev–Trinajstić information content (AvgIpc) is 2.72. The molecule has 0 amide bonds. The smallest absolute Gasteiger partial charge is 0.379 e. The van der Waals surface area contributed by atoms with Gasteiger partial charge < -0.3 is 18.9 Å². The van der Waals surface area contributed by atoms with Gasteiger partial charge in [-0.3, -0.25) is 0 Å². The Morgan fingerprint density at radius 1 is 0.857 bits per heavy atom. The molecule has 0 radical (unpaired) electrons. The van der Waals surface area contributed by atoms with E-state index in [4.69, 9.17) is 18.9 Å².